The molecule has 0 bridgehead atoms. The molecule has 2 unspecified atom stereocenters. The Morgan fingerprint density at radius 1 is 1.34 bits per heavy atom. The van der Waals surface area contributed by atoms with E-state index in [0.29, 0.717) is 18.7 Å². The third-order valence-corrected chi connectivity index (χ3v) is 6.60. The highest BCUT2D eigenvalue weighted by atomic mass is 28.3. The van der Waals surface area contributed by atoms with Crippen molar-refractivity contribution >= 4 is 25.7 Å². The molecule has 2 heterocycles. The first kappa shape index (κ1) is 23.1. The maximum atomic E-state index is 13.2. The molecule has 0 spiro atoms. The zero-order chi connectivity index (χ0) is 21.6. The topological polar surface area (TPSA) is 77.8 Å². The predicted octanol–water partition coefficient (Wildman–Crippen LogP) is 2.95. The van der Waals surface area contributed by atoms with Crippen LogP contribution in [0.25, 0.3) is 0 Å². The van der Waals surface area contributed by atoms with Gasteiger partial charge in [-0.15, -0.1) is 6.58 Å². The standard InChI is InChI=1S/C21H32N2O5Si/c1-6-9-16-14-23(18(19(16)24)21(26)28-7-2)20(25)17-10-8-11-22(17)15-27-12-13-29(3,4)5/h6,8,10-11,16,18H,1,7,9,12-15H2,2-5H3. The number of rotatable bonds is 10. The fourth-order valence-electron chi connectivity index (χ4n) is 3.28. The molecule has 160 valence electrons. The molecule has 1 aromatic heterocycles. The summed E-state index contributed by atoms with van der Waals surface area (Å²) >= 11 is 0. The monoisotopic (exact) mass is 420 g/mol. The Hall–Kier alpha value is -2.19. The number of likely N-dealkylation sites (tertiary alicyclic amines) is 1. The zero-order valence-electron chi connectivity index (χ0n) is 17.8. The van der Waals surface area contributed by atoms with E-state index in [2.05, 4.69) is 26.2 Å². The molecule has 1 aromatic rings. The summed E-state index contributed by atoms with van der Waals surface area (Å²) in [5, 5.41) is 0. The quantitative estimate of drug-likeness (QED) is 0.191. The van der Waals surface area contributed by atoms with Crippen LogP contribution in [0.5, 0.6) is 0 Å². The molecule has 0 N–H and O–H groups in total. The number of carbonyl (C=O) groups excluding carboxylic acids is 3. The number of carbonyl (C=O) groups is 3. The summed E-state index contributed by atoms with van der Waals surface area (Å²) in [7, 11) is -1.20. The number of hydrogen-bond donors (Lipinski definition) is 0. The van der Waals surface area contributed by atoms with E-state index in [1.54, 1.807) is 35.9 Å². The normalized spacial score (nSPS) is 19.4. The number of amides is 1. The van der Waals surface area contributed by atoms with Crippen molar-refractivity contribution in [2.75, 3.05) is 19.8 Å². The number of aromatic nitrogens is 1. The van der Waals surface area contributed by atoms with E-state index >= 15 is 0 Å². The minimum absolute atomic E-state index is 0.151. The summed E-state index contributed by atoms with van der Waals surface area (Å²) < 4.78 is 12.5. The minimum Gasteiger partial charge on any atom is -0.464 e. The second-order valence-corrected chi connectivity index (χ2v) is 14.1. The van der Waals surface area contributed by atoms with E-state index in [9.17, 15) is 14.4 Å². The molecule has 7 nitrogen and oxygen atoms in total. The maximum absolute atomic E-state index is 13.2. The molecule has 8 heteroatoms. The van der Waals surface area contributed by atoms with Crippen molar-refractivity contribution < 1.29 is 23.9 Å². The van der Waals surface area contributed by atoms with Crippen LogP contribution in [-0.2, 0) is 25.8 Å². The summed E-state index contributed by atoms with van der Waals surface area (Å²) in [4.78, 5) is 39.6. The maximum Gasteiger partial charge on any atom is 0.336 e. The van der Waals surface area contributed by atoms with Gasteiger partial charge in [0.25, 0.3) is 5.91 Å². The highest BCUT2D eigenvalue weighted by Crippen LogP contribution is 2.26. The van der Waals surface area contributed by atoms with Crippen molar-refractivity contribution in [3.63, 3.8) is 0 Å². The lowest BCUT2D eigenvalue weighted by molar-refractivity contribution is -0.150. The van der Waals surface area contributed by atoms with Crippen molar-refractivity contribution in [3.8, 4) is 0 Å². The highest BCUT2D eigenvalue weighted by molar-refractivity contribution is 6.76. The van der Waals surface area contributed by atoms with Crippen LogP contribution in [0.1, 0.15) is 23.8 Å². The van der Waals surface area contributed by atoms with Gasteiger partial charge in [-0.1, -0.05) is 25.7 Å². The van der Waals surface area contributed by atoms with Gasteiger partial charge in [0.2, 0.25) is 0 Å². The minimum atomic E-state index is -1.21. The first-order valence-electron chi connectivity index (χ1n) is 10.0. The fourth-order valence-corrected chi connectivity index (χ4v) is 4.03. The van der Waals surface area contributed by atoms with Crippen LogP contribution < -0.4 is 0 Å². The van der Waals surface area contributed by atoms with Crippen LogP contribution in [0.2, 0.25) is 25.7 Å². The lowest BCUT2D eigenvalue weighted by Crippen LogP contribution is -2.45. The van der Waals surface area contributed by atoms with Crippen molar-refractivity contribution in [2.24, 2.45) is 5.92 Å². The molecule has 0 radical (unpaired) electrons. The van der Waals surface area contributed by atoms with E-state index < -0.39 is 26.0 Å². The second kappa shape index (κ2) is 10.0. The van der Waals surface area contributed by atoms with Crippen molar-refractivity contribution in [2.45, 2.75) is 51.8 Å². The molecule has 1 aliphatic rings. The summed E-state index contributed by atoms with van der Waals surface area (Å²) in [6.07, 6.45) is 3.81. The van der Waals surface area contributed by atoms with Gasteiger partial charge in [0, 0.05) is 33.3 Å². The van der Waals surface area contributed by atoms with E-state index in [4.69, 9.17) is 9.47 Å². The van der Waals surface area contributed by atoms with E-state index in [-0.39, 0.29) is 31.6 Å². The van der Waals surface area contributed by atoms with Crippen molar-refractivity contribution in [1.29, 1.82) is 0 Å². The molecule has 1 amide bonds. The number of Topliss-reactive ketones (excluding diaryl/α,β-unsaturated/α-hetero) is 1. The largest absolute Gasteiger partial charge is 0.464 e. The zero-order valence-corrected chi connectivity index (χ0v) is 18.8. The van der Waals surface area contributed by atoms with Gasteiger partial charge >= 0.3 is 5.97 Å². The molecule has 1 fully saturated rings. The highest BCUT2D eigenvalue weighted by Gasteiger charge is 2.47. The lowest BCUT2D eigenvalue weighted by Gasteiger charge is -2.23. The molecule has 29 heavy (non-hydrogen) atoms. The van der Waals surface area contributed by atoms with Crippen LogP contribution in [0.15, 0.2) is 31.0 Å². The van der Waals surface area contributed by atoms with Gasteiger partial charge in [-0.05, 0) is 31.5 Å². The number of ether oxygens (including phenoxy) is 2. The number of esters is 1. The summed E-state index contributed by atoms with van der Waals surface area (Å²) in [6, 6.07) is 3.26. The molecule has 1 saturated heterocycles. The van der Waals surface area contributed by atoms with Crippen LogP contribution in [0.3, 0.4) is 0 Å². The Balaban J connectivity index is 2.15. The summed E-state index contributed by atoms with van der Waals surface area (Å²) in [5.41, 5.74) is 0.388. The molecule has 0 saturated carbocycles. The molecular formula is C21H32N2O5Si. The van der Waals surface area contributed by atoms with Gasteiger partial charge in [-0.3, -0.25) is 9.59 Å². The predicted molar refractivity (Wildman–Crippen MR) is 113 cm³/mol. The second-order valence-electron chi connectivity index (χ2n) is 8.45. The van der Waals surface area contributed by atoms with Crippen molar-refractivity contribution in [3.05, 3.63) is 36.7 Å². The molecule has 0 aliphatic carbocycles. The van der Waals surface area contributed by atoms with Crippen LogP contribution in [0, 0.1) is 5.92 Å². The van der Waals surface area contributed by atoms with Crippen LogP contribution in [0.4, 0.5) is 0 Å². The molecule has 2 atom stereocenters. The smallest absolute Gasteiger partial charge is 0.336 e. The van der Waals surface area contributed by atoms with E-state index in [1.165, 1.54) is 4.90 Å². The van der Waals surface area contributed by atoms with Crippen LogP contribution in [-0.4, -0.2) is 61.0 Å². The summed E-state index contributed by atoms with van der Waals surface area (Å²) in [6.45, 7) is 13.4. The van der Waals surface area contributed by atoms with Crippen LogP contribution >= 0.6 is 0 Å². The first-order chi connectivity index (χ1) is 13.7. The molecule has 1 aliphatic heterocycles. The van der Waals surface area contributed by atoms with Gasteiger partial charge < -0.3 is 18.9 Å². The fraction of sp³-hybridized carbons (Fsp3) is 0.571. The van der Waals surface area contributed by atoms with E-state index in [0.717, 1.165) is 6.04 Å². The third kappa shape index (κ3) is 5.90. The first-order valence-corrected chi connectivity index (χ1v) is 13.8. The summed E-state index contributed by atoms with van der Waals surface area (Å²) in [5.74, 6) is -1.79. The van der Waals surface area contributed by atoms with Gasteiger partial charge in [0.15, 0.2) is 11.8 Å². The number of nitrogens with zero attached hydrogens (tertiary/aromatic N) is 2. The Morgan fingerprint density at radius 3 is 2.69 bits per heavy atom. The molecule has 2 rings (SSSR count). The lowest BCUT2D eigenvalue weighted by atomic mass is 10.0. The average Bonchev–Trinajstić information content (AvgIpc) is 3.23. The Labute approximate surface area is 173 Å². The van der Waals surface area contributed by atoms with Gasteiger partial charge in [0.05, 0.1) is 6.61 Å². The molecule has 0 aromatic carbocycles. The van der Waals surface area contributed by atoms with E-state index in [1.807, 2.05) is 0 Å². The number of allylic oxidation sites excluding steroid dienone is 1. The number of hydrogen-bond acceptors (Lipinski definition) is 5. The Bertz CT molecular complexity index is 752. The SMILES string of the molecule is C=CCC1CN(C(=O)c2cccn2COCC[Si](C)(C)C)C(C(=O)OCC)C1=O. The third-order valence-electron chi connectivity index (χ3n) is 4.90. The van der Waals surface area contributed by atoms with Gasteiger partial charge in [-0.2, -0.15) is 0 Å². The molecular weight excluding hydrogens is 388 g/mol. The Kier molecular flexibility index (Phi) is 7.98. The Morgan fingerprint density at radius 2 is 2.07 bits per heavy atom. The van der Waals surface area contributed by atoms with Crippen molar-refractivity contribution in [1.82, 2.24) is 9.47 Å². The average molecular weight is 421 g/mol. The van der Waals surface area contributed by atoms with Gasteiger partial charge in [0.1, 0.15) is 12.4 Å². The number of ketones is 1. The van der Waals surface area contributed by atoms with Gasteiger partial charge in [-0.25, -0.2) is 4.79 Å².